The van der Waals surface area contributed by atoms with Gasteiger partial charge in [-0.25, -0.2) is 19.2 Å². The molecule has 4 atom stereocenters. The van der Waals surface area contributed by atoms with E-state index >= 15 is 4.39 Å². The number of aliphatic hydroxyl groups excluding tert-OH is 1. The van der Waals surface area contributed by atoms with Crippen LogP contribution >= 0.6 is 39.3 Å². The largest absolute Gasteiger partial charge is 0.444 e. The Morgan fingerprint density at radius 2 is 2.14 bits per heavy atom. The van der Waals surface area contributed by atoms with Gasteiger partial charge in [0, 0.05) is 19.7 Å². The van der Waals surface area contributed by atoms with Gasteiger partial charge in [0.05, 0.1) is 53.0 Å². The van der Waals surface area contributed by atoms with Crippen LogP contribution in [-0.4, -0.2) is 102 Å². The molecule has 0 radical (unpaired) electrons. The minimum absolute atomic E-state index is 0.145. The summed E-state index contributed by atoms with van der Waals surface area (Å²) in [6.45, 7) is 7.72. The van der Waals surface area contributed by atoms with Crippen LogP contribution in [0.3, 0.4) is 0 Å². The lowest BCUT2D eigenvalue weighted by molar-refractivity contribution is 0.0130. The molecule has 4 rings (SSSR count). The van der Waals surface area contributed by atoms with E-state index in [-0.39, 0.29) is 34.0 Å². The molecular formula is C24H33BrClFN4O5S. The third-order valence-corrected chi connectivity index (χ3v) is 8.44. The van der Waals surface area contributed by atoms with Gasteiger partial charge >= 0.3 is 6.09 Å². The first-order valence-corrected chi connectivity index (χ1v) is 14.7. The average molecular weight is 624 g/mol. The van der Waals surface area contributed by atoms with E-state index < -0.39 is 29.5 Å². The molecule has 1 aliphatic carbocycles. The maximum absolute atomic E-state index is 15.1. The Bertz CT molecular complexity index is 1030. The second-order valence-corrected chi connectivity index (χ2v) is 12.2. The normalized spacial score (nSPS) is 28.2. The Kier molecular flexibility index (Phi) is 9.28. The zero-order valence-corrected chi connectivity index (χ0v) is 24.5. The van der Waals surface area contributed by atoms with Crippen LogP contribution in [0.15, 0.2) is 31.0 Å². The molecule has 3 aliphatic heterocycles. The van der Waals surface area contributed by atoms with E-state index in [0.717, 1.165) is 0 Å². The molecule has 1 amide bonds. The van der Waals surface area contributed by atoms with Crippen molar-refractivity contribution in [2.75, 3.05) is 45.7 Å². The van der Waals surface area contributed by atoms with Gasteiger partial charge in [0.25, 0.3) is 0 Å². The van der Waals surface area contributed by atoms with E-state index in [0.29, 0.717) is 56.7 Å². The number of aliphatic imine (C=N–C) groups is 2. The van der Waals surface area contributed by atoms with Crippen molar-refractivity contribution >= 4 is 56.4 Å². The van der Waals surface area contributed by atoms with E-state index in [4.69, 9.17) is 30.8 Å². The van der Waals surface area contributed by atoms with E-state index in [2.05, 4.69) is 25.8 Å². The summed E-state index contributed by atoms with van der Waals surface area (Å²) >= 11 is 11.1. The molecule has 2 unspecified atom stereocenters. The van der Waals surface area contributed by atoms with Crippen LogP contribution in [0.25, 0.3) is 0 Å². The minimum Gasteiger partial charge on any atom is -0.444 e. The summed E-state index contributed by atoms with van der Waals surface area (Å²) in [5.41, 5.74) is -0.330. The van der Waals surface area contributed by atoms with Gasteiger partial charge in [0.2, 0.25) is 0 Å². The van der Waals surface area contributed by atoms with Gasteiger partial charge in [-0.2, -0.15) is 0 Å². The molecule has 3 heterocycles. The number of nitrogens with zero attached hydrogens (tertiary/aromatic N) is 4. The first-order valence-electron chi connectivity index (χ1n) is 12.3. The molecule has 9 nitrogen and oxygen atoms in total. The fraction of sp³-hybridized carbons (Fsp3) is 0.708. The number of carbonyl (C=O) groups is 1. The summed E-state index contributed by atoms with van der Waals surface area (Å²) in [4.78, 5) is 25.3. The Morgan fingerprint density at radius 1 is 1.38 bits per heavy atom. The van der Waals surface area contributed by atoms with E-state index in [9.17, 15) is 9.90 Å². The van der Waals surface area contributed by atoms with Crippen molar-refractivity contribution in [3.8, 4) is 0 Å². The second kappa shape index (κ2) is 11.9. The van der Waals surface area contributed by atoms with E-state index in [1.807, 2.05) is 27.0 Å². The van der Waals surface area contributed by atoms with Crippen LogP contribution in [-0.2, 0) is 14.2 Å². The fourth-order valence-corrected chi connectivity index (χ4v) is 5.89. The predicted octanol–water partition coefficient (Wildman–Crippen LogP) is 4.25. The highest BCUT2D eigenvalue weighted by atomic mass is 79.9. The molecule has 0 aromatic heterocycles. The molecule has 0 saturated carbocycles. The van der Waals surface area contributed by atoms with Crippen LogP contribution in [0.4, 0.5) is 9.18 Å². The number of likely N-dealkylation sites (tertiary alicyclic amines) is 1. The number of amides is 1. The summed E-state index contributed by atoms with van der Waals surface area (Å²) in [6.07, 6.45) is 1.90. The first-order chi connectivity index (χ1) is 17.5. The van der Waals surface area contributed by atoms with Gasteiger partial charge in [-0.15, -0.1) is 0 Å². The number of thioether (sulfide) groups is 1. The highest BCUT2D eigenvalue weighted by molar-refractivity contribution is 9.12. The Labute approximate surface area is 234 Å². The molecular weight excluding hydrogens is 591 g/mol. The molecule has 0 aromatic rings. The van der Waals surface area contributed by atoms with Gasteiger partial charge in [-0.1, -0.05) is 23.4 Å². The van der Waals surface area contributed by atoms with Crippen molar-refractivity contribution in [1.82, 2.24) is 9.80 Å². The standard InChI is InChI=1S/C24H33BrClFN4O5S/c1-24(2,3)36-23(33)31-11-14(10-13(31)12-32)34-8-5-6-30-7-9-35-20-15-19(18(27)16(25)17(20)26)28-22(37-4)29-21(15)30/h13-15,20,32H,5-12H2,1-4H3/t13-,14-,15?,20?/m0/s1. The maximum atomic E-state index is 15.1. The van der Waals surface area contributed by atoms with Crippen LogP contribution in [0.1, 0.15) is 33.6 Å². The lowest BCUT2D eigenvalue weighted by atomic mass is 9.90. The number of aliphatic hydroxyl groups is 1. The van der Waals surface area contributed by atoms with Crippen LogP contribution in [0.2, 0.25) is 0 Å². The van der Waals surface area contributed by atoms with Crippen molar-refractivity contribution in [3.05, 3.63) is 21.0 Å². The number of rotatable bonds is 6. The second-order valence-electron chi connectivity index (χ2n) is 10.2. The zero-order valence-electron chi connectivity index (χ0n) is 21.4. The van der Waals surface area contributed by atoms with Gasteiger partial charge < -0.3 is 29.1 Å². The lowest BCUT2D eigenvalue weighted by Gasteiger charge is -2.35. The molecule has 206 valence electrons. The van der Waals surface area contributed by atoms with E-state index in [1.54, 1.807) is 4.90 Å². The van der Waals surface area contributed by atoms with Gasteiger partial charge in [-0.05, 0) is 55.8 Å². The number of amidine groups is 2. The minimum atomic E-state index is -0.610. The zero-order chi connectivity index (χ0) is 26.9. The number of halogens is 3. The quantitative estimate of drug-likeness (QED) is 0.442. The van der Waals surface area contributed by atoms with Crippen molar-refractivity contribution in [2.45, 2.75) is 57.5 Å². The summed E-state index contributed by atoms with van der Waals surface area (Å²) in [7, 11) is 0. The lowest BCUT2D eigenvalue weighted by Crippen LogP contribution is -2.44. The number of carbonyl (C=O) groups excluding carboxylic acids is 1. The average Bonchev–Trinajstić information content (AvgIpc) is 3.18. The number of hydrogen-bond acceptors (Lipinski definition) is 9. The van der Waals surface area contributed by atoms with Crippen molar-refractivity contribution < 1.29 is 28.5 Å². The Balaban J connectivity index is 1.37. The van der Waals surface area contributed by atoms with Crippen molar-refractivity contribution in [1.29, 1.82) is 0 Å². The van der Waals surface area contributed by atoms with Crippen LogP contribution in [0.5, 0.6) is 0 Å². The Hall–Kier alpha value is -1.18. The van der Waals surface area contributed by atoms with Crippen molar-refractivity contribution in [3.63, 3.8) is 0 Å². The monoisotopic (exact) mass is 622 g/mol. The molecule has 4 aliphatic rings. The SMILES string of the molecule is CSC1=NC2=C(F)C(Br)=C(Cl)C3OCCN(CCCO[C@H]4C[C@@H](CO)N(C(=O)OC(C)(C)C)C4)C(=N1)C23. The highest BCUT2D eigenvalue weighted by Crippen LogP contribution is 2.45. The maximum Gasteiger partial charge on any atom is 0.410 e. The highest BCUT2D eigenvalue weighted by Gasteiger charge is 2.46. The summed E-state index contributed by atoms with van der Waals surface area (Å²) in [5, 5.41) is 10.5. The molecule has 1 N–H and O–H groups in total. The smallest absolute Gasteiger partial charge is 0.410 e. The first kappa shape index (κ1) is 28.8. The summed E-state index contributed by atoms with van der Waals surface area (Å²) < 4.78 is 32.9. The molecule has 0 spiro atoms. The molecule has 2 saturated heterocycles. The summed E-state index contributed by atoms with van der Waals surface area (Å²) in [5.74, 6) is -0.314. The number of ether oxygens (including phenoxy) is 3. The topological polar surface area (TPSA) is 96.2 Å². The van der Waals surface area contributed by atoms with Crippen molar-refractivity contribution in [2.24, 2.45) is 15.9 Å². The molecule has 37 heavy (non-hydrogen) atoms. The molecule has 2 fully saturated rings. The van der Waals surface area contributed by atoms with Gasteiger partial charge in [0.1, 0.15) is 17.5 Å². The van der Waals surface area contributed by atoms with Crippen LogP contribution in [0, 0.1) is 5.92 Å². The molecule has 13 heteroatoms. The predicted molar refractivity (Wildman–Crippen MR) is 146 cm³/mol. The third-order valence-electron chi connectivity index (χ3n) is 6.48. The third kappa shape index (κ3) is 6.36. The van der Waals surface area contributed by atoms with Gasteiger partial charge in [0.15, 0.2) is 11.0 Å². The molecule has 0 aromatic carbocycles. The number of hydrogen-bond donors (Lipinski definition) is 1. The van der Waals surface area contributed by atoms with E-state index in [1.165, 1.54) is 11.8 Å². The Morgan fingerprint density at radius 3 is 2.81 bits per heavy atom. The molecule has 0 bridgehead atoms. The van der Waals surface area contributed by atoms with Gasteiger partial charge in [-0.3, -0.25) is 0 Å². The summed E-state index contributed by atoms with van der Waals surface area (Å²) in [6, 6.07) is -0.330. The number of allylic oxidation sites excluding steroid dienone is 2. The van der Waals surface area contributed by atoms with Crippen LogP contribution < -0.4 is 0 Å². The fourth-order valence-electron chi connectivity index (χ4n) is 4.82.